The Kier molecular flexibility index (Phi) is 7.99. The van der Waals surface area contributed by atoms with Crippen molar-refractivity contribution in [1.82, 2.24) is 19.8 Å². The Bertz CT molecular complexity index is 1210. The van der Waals surface area contributed by atoms with E-state index in [2.05, 4.69) is 36.1 Å². The van der Waals surface area contributed by atoms with Gasteiger partial charge in [0.2, 0.25) is 5.91 Å². The molecule has 11 heteroatoms. The fraction of sp³-hybridized carbons (Fsp3) is 0.375. The summed E-state index contributed by atoms with van der Waals surface area (Å²) >= 11 is 3.24. The van der Waals surface area contributed by atoms with Crippen LogP contribution in [0.5, 0.6) is 11.5 Å². The van der Waals surface area contributed by atoms with Crippen LogP contribution in [0.2, 0.25) is 0 Å². The number of rotatable bonds is 8. The molecule has 186 valence electrons. The second kappa shape index (κ2) is 11.1. The first-order chi connectivity index (χ1) is 16.8. The highest BCUT2D eigenvalue weighted by molar-refractivity contribution is 9.10. The first-order valence-electron chi connectivity index (χ1n) is 11.2. The molecule has 2 aromatic carbocycles. The van der Waals surface area contributed by atoms with E-state index in [1.807, 2.05) is 7.05 Å². The molecular weight excluding hydrogens is 521 g/mol. The van der Waals surface area contributed by atoms with Crippen molar-refractivity contribution < 1.29 is 23.8 Å². The quantitative estimate of drug-likeness (QED) is 0.443. The molecule has 0 aliphatic carbocycles. The number of nitrogens with zero attached hydrogens (tertiary/aromatic N) is 4. The number of aliphatic hydroxyl groups excluding tert-OH is 1. The number of benzene rings is 2. The second-order valence-electron chi connectivity index (χ2n) is 8.34. The zero-order valence-electron chi connectivity index (χ0n) is 19.5. The van der Waals surface area contributed by atoms with Gasteiger partial charge in [0.05, 0.1) is 30.8 Å². The van der Waals surface area contributed by atoms with E-state index in [4.69, 9.17) is 9.47 Å². The normalized spacial score (nSPS) is 15.2. The summed E-state index contributed by atoms with van der Waals surface area (Å²) in [5, 5.41) is 14.0. The van der Waals surface area contributed by atoms with Crippen LogP contribution in [0.4, 0.5) is 15.9 Å². The molecule has 1 aliphatic rings. The number of aromatic nitrogens is 2. The lowest BCUT2D eigenvalue weighted by Crippen LogP contribution is -2.48. The van der Waals surface area contributed by atoms with Crippen molar-refractivity contribution >= 4 is 44.2 Å². The standard InChI is InChI=1S/C24H27BrFN5O4/c1-30-5-7-31(8-6-30)23(33)10-16(32)13-35-22-12-20-17(11-21(22)34-2)24(28-14-27-20)29-19-4-3-15(25)9-18(19)26/h3-4,9,11-12,14,16,32H,5-8,10,13H2,1-2H3,(H,27,28,29). The maximum Gasteiger partial charge on any atom is 0.225 e. The summed E-state index contributed by atoms with van der Waals surface area (Å²) in [7, 11) is 3.51. The molecule has 3 aromatic rings. The molecule has 35 heavy (non-hydrogen) atoms. The molecule has 0 saturated carbocycles. The molecule has 1 fully saturated rings. The summed E-state index contributed by atoms with van der Waals surface area (Å²) in [5.74, 6) is 0.634. The Morgan fingerprint density at radius 3 is 2.69 bits per heavy atom. The van der Waals surface area contributed by atoms with Gasteiger partial charge in [0.25, 0.3) is 0 Å². The van der Waals surface area contributed by atoms with Crippen LogP contribution < -0.4 is 14.8 Å². The number of amides is 1. The third kappa shape index (κ3) is 6.16. The molecule has 1 saturated heterocycles. The smallest absolute Gasteiger partial charge is 0.225 e. The SMILES string of the molecule is COc1cc2c(Nc3ccc(Br)cc3F)ncnc2cc1OCC(O)CC(=O)N1CCN(C)CC1. The van der Waals surface area contributed by atoms with Crippen LogP contribution in [0.1, 0.15) is 6.42 Å². The number of halogens is 2. The highest BCUT2D eigenvalue weighted by Crippen LogP contribution is 2.35. The van der Waals surface area contributed by atoms with Crippen LogP contribution in [-0.4, -0.2) is 83.8 Å². The number of fused-ring (bicyclic) bond motifs is 1. The van der Waals surface area contributed by atoms with Crippen LogP contribution in [0.25, 0.3) is 10.9 Å². The number of piperazine rings is 1. The molecule has 9 nitrogen and oxygen atoms in total. The molecule has 1 atom stereocenters. The summed E-state index contributed by atoms with van der Waals surface area (Å²) < 4.78 is 26.2. The largest absolute Gasteiger partial charge is 0.493 e. The molecule has 2 heterocycles. The van der Waals surface area contributed by atoms with Gasteiger partial charge in [0.15, 0.2) is 11.5 Å². The van der Waals surface area contributed by atoms with Gasteiger partial charge >= 0.3 is 0 Å². The fourth-order valence-electron chi connectivity index (χ4n) is 3.79. The molecular formula is C24H27BrFN5O4. The van der Waals surface area contributed by atoms with Gasteiger partial charge < -0.3 is 29.7 Å². The number of carbonyl (C=O) groups excluding carboxylic acids is 1. The Morgan fingerprint density at radius 2 is 1.97 bits per heavy atom. The van der Waals surface area contributed by atoms with Gasteiger partial charge in [-0.3, -0.25) is 4.79 Å². The number of carbonyl (C=O) groups is 1. The van der Waals surface area contributed by atoms with Crippen molar-refractivity contribution in [3.63, 3.8) is 0 Å². The van der Waals surface area contributed by atoms with Crippen molar-refractivity contribution in [3.8, 4) is 11.5 Å². The summed E-state index contributed by atoms with van der Waals surface area (Å²) in [6.07, 6.45) is 0.376. The summed E-state index contributed by atoms with van der Waals surface area (Å²) in [6.45, 7) is 2.87. The molecule has 1 aliphatic heterocycles. The van der Waals surface area contributed by atoms with E-state index in [0.717, 1.165) is 13.1 Å². The van der Waals surface area contributed by atoms with Crippen LogP contribution in [0.3, 0.4) is 0 Å². The zero-order valence-corrected chi connectivity index (χ0v) is 21.1. The number of nitrogens with one attached hydrogen (secondary N) is 1. The van der Waals surface area contributed by atoms with Crippen molar-refractivity contribution in [3.05, 3.63) is 46.9 Å². The van der Waals surface area contributed by atoms with Gasteiger partial charge in [-0.05, 0) is 31.3 Å². The molecule has 0 bridgehead atoms. The van der Waals surface area contributed by atoms with E-state index in [-0.39, 0.29) is 24.6 Å². The van der Waals surface area contributed by atoms with Crippen molar-refractivity contribution in [2.24, 2.45) is 0 Å². The highest BCUT2D eigenvalue weighted by atomic mass is 79.9. The minimum atomic E-state index is -0.967. The number of methoxy groups -OCH3 is 1. The molecule has 1 amide bonds. The van der Waals surface area contributed by atoms with E-state index in [0.29, 0.717) is 45.8 Å². The first kappa shape index (κ1) is 25.1. The predicted molar refractivity (Wildman–Crippen MR) is 134 cm³/mol. The minimum absolute atomic E-state index is 0.0192. The minimum Gasteiger partial charge on any atom is -0.493 e. The van der Waals surface area contributed by atoms with Crippen LogP contribution in [0.15, 0.2) is 41.1 Å². The average molecular weight is 548 g/mol. The van der Waals surface area contributed by atoms with Gasteiger partial charge in [-0.1, -0.05) is 15.9 Å². The third-order valence-corrected chi connectivity index (χ3v) is 6.30. The maximum absolute atomic E-state index is 14.3. The van der Waals surface area contributed by atoms with Gasteiger partial charge in [0.1, 0.15) is 24.6 Å². The van der Waals surface area contributed by atoms with E-state index in [9.17, 15) is 14.3 Å². The van der Waals surface area contributed by atoms with E-state index in [1.54, 1.807) is 29.2 Å². The fourth-order valence-corrected chi connectivity index (χ4v) is 4.12. The molecule has 2 N–H and O–H groups in total. The molecule has 1 aromatic heterocycles. The Labute approximate surface area is 211 Å². The Hall–Kier alpha value is -3.02. The molecule has 0 spiro atoms. The highest BCUT2D eigenvalue weighted by Gasteiger charge is 2.22. The Balaban J connectivity index is 1.46. The van der Waals surface area contributed by atoms with Crippen molar-refractivity contribution in [2.75, 3.05) is 52.3 Å². The maximum atomic E-state index is 14.3. The number of aliphatic hydroxyl groups is 1. The first-order valence-corrected chi connectivity index (χ1v) is 12.0. The molecule has 4 rings (SSSR count). The third-order valence-electron chi connectivity index (χ3n) is 5.80. The summed E-state index contributed by atoms with van der Waals surface area (Å²) in [5.41, 5.74) is 0.805. The van der Waals surface area contributed by atoms with E-state index in [1.165, 1.54) is 19.5 Å². The molecule has 1 unspecified atom stereocenters. The lowest BCUT2D eigenvalue weighted by molar-refractivity contribution is -0.135. The second-order valence-corrected chi connectivity index (χ2v) is 9.26. The zero-order chi connectivity index (χ0) is 24.9. The lowest BCUT2D eigenvalue weighted by Gasteiger charge is -2.32. The van der Waals surface area contributed by atoms with E-state index < -0.39 is 11.9 Å². The van der Waals surface area contributed by atoms with Crippen molar-refractivity contribution in [2.45, 2.75) is 12.5 Å². The number of hydrogen-bond donors (Lipinski definition) is 2. The average Bonchev–Trinajstić information content (AvgIpc) is 2.84. The van der Waals surface area contributed by atoms with Gasteiger partial charge in [0, 0.05) is 42.1 Å². The van der Waals surface area contributed by atoms with E-state index >= 15 is 0 Å². The van der Waals surface area contributed by atoms with Gasteiger partial charge in [-0.2, -0.15) is 0 Å². The predicted octanol–water partition coefficient (Wildman–Crippen LogP) is 3.19. The monoisotopic (exact) mass is 547 g/mol. The lowest BCUT2D eigenvalue weighted by atomic mass is 10.2. The van der Waals surface area contributed by atoms with Crippen LogP contribution in [-0.2, 0) is 4.79 Å². The molecule has 0 radical (unpaired) electrons. The van der Waals surface area contributed by atoms with Crippen LogP contribution in [0, 0.1) is 5.82 Å². The number of hydrogen-bond acceptors (Lipinski definition) is 8. The van der Waals surface area contributed by atoms with Gasteiger partial charge in [-0.25, -0.2) is 14.4 Å². The number of anilines is 2. The van der Waals surface area contributed by atoms with Crippen molar-refractivity contribution in [1.29, 1.82) is 0 Å². The van der Waals surface area contributed by atoms with Crippen LogP contribution >= 0.6 is 15.9 Å². The van der Waals surface area contributed by atoms with Gasteiger partial charge in [-0.15, -0.1) is 0 Å². The topological polar surface area (TPSA) is 100 Å². The summed E-state index contributed by atoms with van der Waals surface area (Å²) in [4.78, 5) is 24.9. The number of likely N-dealkylation sites (N-methyl/N-ethyl adjacent to an activating group) is 1. The summed E-state index contributed by atoms with van der Waals surface area (Å²) in [6, 6.07) is 8.03. The Morgan fingerprint density at radius 1 is 1.20 bits per heavy atom. The number of ether oxygens (including phenoxy) is 2.